The van der Waals surface area contributed by atoms with Crippen LogP contribution in [0.3, 0.4) is 0 Å². The predicted octanol–water partition coefficient (Wildman–Crippen LogP) is 0.511. The highest BCUT2D eigenvalue weighted by atomic mass is 16.5. The highest BCUT2D eigenvalue weighted by molar-refractivity contribution is 5.92. The number of carbonyl (C=O) groups excluding carboxylic acids is 3. The molecule has 1 rings (SSSR count). The van der Waals surface area contributed by atoms with Gasteiger partial charge in [-0.2, -0.15) is 0 Å². The number of amides is 3. The zero-order chi connectivity index (χ0) is 18.1. The Labute approximate surface area is 143 Å². The van der Waals surface area contributed by atoms with Crippen molar-refractivity contribution in [3.05, 3.63) is 0 Å². The summed E-state index contributed by atoms with van der Waals surface area (Å²) in [4.78, 5) is 37.4. The van der Waals surface area contributed by atoms with Crippen LogP contribution in [-0.4, -0.2) is 68.3 Å². The lowest BCUT2D eigenvalue weighted by molar-refractivity contribution is -0.143. The summed E-state index contributed by atoms with van der Waals surface area (Å²) >= 11 is 0. The Bertz CT molecular complexity index is 441. The molecule has 2 atom stereocenters. The third-order valence-electron chi connectivity index (χ3n) is 3.58. The molecular formula is C16H29N3O5. The second kappa shape index (κ2) is 10.1. The van der Waals surface area contributed by atoms with E-state index in [4.69, 9.17) is 9.47 Å². The first kappa shape index (κ1) is 20.2. The lowest BCUT2D eigenvalue weighted by atomic mass is 10.0. The summed E-state index contributed by atoms with van der Waals surface area (Å²) in [7, 11) is 1.60. The Morgan fingerprint density at radius 2 is 2.00 bits per heavy atom. The predicted molar refractivity (Wildman–Crippen MR) is 88.4 cm³/mol. The average Bonchev–Trinajstić information content (AvgIpc) is 3.31. The molecule has 0 radical (unpaired) electrons. The van der Waals surface area contributed by atoms with Crippen LogP contribution in [0.5, 0.6) is 0 Å². The van der Waals surface area contributed by atoms with Gasteiger partial charge in [0.2, 0.25) is 5.91 Å². The zero-order valence-corrected chi connectivity index (χ0v) is 15.0. The van der Waals surface area contributed by atoms with Gasteiger partial charge in [0, 0.05) is 20.3 Å². The van der Waals surface area contributed by atoms with Gasteiger partial charge in [0.15, 0.2) is 0 Å². The van der Waals surface area contributed by atoms with Crippen LogP contribution in [0.15, 0.2) is 0 Å². The van der Waals surface area contributed by atoms with Gasteiger partial charge in [-0.25, -0.2) is 9.59 Å². The van der Waals surface area contributed by atoms with Crippen LogP contribution in [0, 0.1) is 5.92 Å². The van der Waals surface area contributed by atoms with Gasteiger partial charge in [0.25, 0.3) is 0 Å². The summed E-state index contributed by atoms with van der Waals surface area (Å²) in [5, 5.41) is 5.51. The zero-order valence-electron chi connectivity index (χ0n) is 15.0. The van der Waals surface area contributed by atoms with E-state index >= 15 is 0 Å². The number of hydrogen-bond acceptors (Lipinski definition) is 5. The molecule has 0 aromatic rings. The van der Waals surface area contributed by atoms with Crippen LogP contribution in [-0.2, 0) is 19.1 Å². The third-order valence-corrected chi connectivity index (χ3v) is 3.58. The number of urea groups is 1. The maximum absolute atomic E-state index is 12.3. The Morgan fingerprint density at radius 3 is 2.58 bits per heavy atom. The van der Waals surface area contributed by atoms with Crippen LogP contribution in [0.25, 0.3) is 0 Å². The largest absolute Gasteiger partial charge is 0.464 e. The van der Waals surface area contributed by atoms with E-state index < -0.39 is 24.1 Å². The Hall–Kier alpha value is -1.83. The maximum atomic E-state index is 12.3. The number of hydrogen-bond donors (Lipinski definition) is 2. The van der Waals surface area contributed by atoms with Crippen LogP contribution >= 0.6 is 0 Å². The highest BCUT2D eigenvalue weighted by Crippen LogP contribution is 2.19. The number of nitrogens with one attached hydrogen (secondary N) is 2. The third kappa shape index (κ3) is 6.74. The van der Waals surface area contributed by atoms with Gasteiger partial charge in [0.05, 0.1) is 13.2 Å². The summed E-state index contributed by atoms with van der Waals surface area (Å²) in [5.41, 5.74) is 0. The topological polar surface area (TPSA) is 96.7 Å². The van der Waals surface area contributed by atoms with Crippen LogP contribution in [0.4, 0.5) is 4.79 Å². The summed E-state index contributed by atoms with van der Waals surface area (Å²) < 4.78 is 9.82. The fraction of sp³-hybridized carbons (Fsp3) is 0.812. The summed E-state index contributed by atoms with van der Waals surface area (Å²) in [6.45, 7) is 7.35. The standard InChI is InChI=1S/C16H29N3O5/c1-5-24-15(21)13-10-19(13)16(22)18-12(9-11(2)3)14(20)17-7-6-8-23-4/h11-13H,5-10H2,1-4H3,(H,17,20)(H,18,22)/t12-,13-,19?/m0/s1. The molecule has 1 heterocycles. The van der Waals surface area contributed by atoms with Gasteiger partial charge in [-0.3, -0.25) is 4.79 Å². The number of carbonyl (C=O) groups is 3. The van der Waals surface area contributed by atoms with Crippen LogP contribution in [0.2, 0.25) is 0 Å². The molecule has 1 aliphatic rings. The van der Waals surface area contributed by atoms with Gasteiger partial charge < -0.3 is 25.0 Å². The van der Waals surface area contributed by atoms with E-state index in [0.717, 1.165) is 0 Å². The Balaban J connectivity index is 2.49. The molecule has 0 bridgehead atoms. The van der Waals surface area contributed by atoms with E-state index in [2.05, 4.69) is 10.6 Å². The van der Waals surface area contributed by atoms with Crippen molar-refractivity contribution >= 4 is 17.9 Å². The van der Waals surface area contributed by atoms with E-state index in [1.807, 2.05) is 13.8 Å². The number of rotatable bonds is 10. The van der Waals surface area contributed by atoms with E-state index in [1.54, 1.807) is 14.0 Å². The Morgan fingerprint density at radius 1 is 1.29 bits per heavy atom. The fourth-order valence-electron chi connectivity index (χ4n) is 2.29. The highest BCUT2D eigenvalue weighted by Gasteiger charge is 2.46. The van der Waals surface area contributed by atoms with Gasteiger partial charge in [0.1, 0.15) is 12.1 Å². The lowest BCUT2D eigenvalue weighted by Gasteiger charge is -2.20. The monoisotopic (exact) mass is 343 g/mol. The molecule has 24 heavy (non-hydrogen) atoms. The normalized spacial score (nSPS) is 17.4. The minimum Gasteiger partial charge on any atom is -0.464 e. The molecule has 0 aromatic carbocycles. The maximum Gasteiger partial charge on any atom is 0.330 e. The molecule has 0 spiro atoms. The quantitative estimate of drug-likeness (QED) is 0.342. The van der Waals surface area contributed by atoms with E-state index in [9.17, 15) is 14.4 Å². The van der Waals surface area contributed by atoms with Crippen molar-refractivity contribution in [2.45, 2.75) is 45.7 Å². The van der Waals surface area contributed by atoms with Crippen LogP contribution in [0.1, 0.15) is 33.6 Å². The van der Waals surface area contributed by atoms with E-state index in [0.29, 0.717) is 32.5 Å². The molecule has 2 N–H and O–H groups in total. The molecule has 1 fully saturated rings. The molecular weight excluding hydrogens is 314 g/mol. The molecule has 8 nitrogen and oxygen atoms in total. The molecule has 0 saturated carbocycles. The fourth-order valence-corrected chi connectivity index (χ4v) is 2.29. The van der Waals surface area contributed by atoms with Crippen molar-refractivity contribution in [1.82, 2.24) is 15.5 Å². The molecule has 1 saturated heterocycles. The summed E-state index contributed by atoms with van der Waals surface area (Å²) in [5.74, 6) is -0.380. The second-order valence-corrected chi connectivity index (χ2v) is 6.19. The molecule has 0 aromatic heterocycles. The Kier molecular flexibility index (Phi) is 8.53. The molecule has 3 amide bonds. The smallest absolute Gasteiger partial charge is 0.330 e. The van der Waals surface area contributed by atoms with Gasteiger partial charge in [-0.15, -0.1) is 0 Å². The minimum absolute atomic E-state index is 0.220. The van der Waals surface area contributed by atoms with E-state index in [1.165, 1.54) is 4.90 Å². The molecule has 0 unspecified atom stereocenters. The molecule has 138 valence electrons. The van der Waals surface area contributed by atoms with Crippen molar-refractivity contribution in [2.75, 3.05) is 33.4 Å². The van der Waals surface area contributed by atoms with Crippen molar-refractivity contribution in [3.63, 3.8) is 0 Å². The lowest BCUT2D eigenvalue weighted by Crippen LogP contribution is -2.49. The summed E-state index contributed by atoms with van der Waals surface area (Å²) in [6, 6.07) is -1.57. The number of esters is 1. The first-order valence-corrected chi connectivity index (χ1v) is 8.41. The van der Waals surface area contributed by atoms with Crippen molar-refractivity contribution in [3.8, 4) is 0 Å². The SMILES string of the molecule is CCOC(=O)[C@@H]1CN1C(=O)N[C@@H](CC(C)C)C(=O)NCCCOC. The second-order valence-electron chi connectivity index (χ2n) is 6.19. The summed E-state index contributed by atoms with van der Waals surface area (Å²) in [6.07, 6.45) is 1.24. The number of ether oxygens (including phenoxy) is 2. The average molecular weight is 343 g/mol. The first-order valence-electron chi connectivity index (χ1n) is 8.41. The van der Waals surface area contributed by atoms with Crippen LogP contribution < -0.4 is 10.6 Å². The molecule has 0 aliphatic carbocycles. The first-order chi connectivity index (χ1) is 11.4. The molecule has 1 aliphatic heterocycles. The van der Waals surface area contributed by atoms with Crippen molar-refractivity contribution in [1.29, 1.82) is 0 Å². The van der Waals surface area contributed by atoms with E-state index in [-0.39, 0.29) is 18.4 Å². The number of nitrogens with zero attached hydrogens (tertiary/aromatic N) is 1. The number of methoxy groups -OCH3 is 1. The minimum atomic E-state index is -0.622. The van der Waals surface area contributed by atoms with Gasteiger partial charge >= 0.3 is 12.0 Å². The van der Waals surface area contributed by atoms with Gasteiger partial charge in [-0.1, -0.05) is 13.8 Å². The van der Waals surface area contributed by atoms with Crippen molar-refractivity contribution in [2.24, 2.45) is 5.92 Å². The van der Waals surface area contributed by atoms with Gasteiger partial charge in [-0.05, 0) is 25.7 Å². The molecule has 8 heteroatoms. The van der Waals surface area contributed by atoms with Crippen molar-refractivity contribution < 1.29 is 23.9 Å².